The third-order valence-electron chi connectivity index (χ3n) is 5.30. The number of allylic oxidation sites excluding steroid dienone is 3. The molecule has 2 atom stereocenters. The van der Waals surface area contributed by atoms with Gasteiger partial charge < -0.3 is 25.7 Å². The van der Waals surface area contributed by atoms with E-state index in [1.807, 2.05) is 0 Å². The molecule has 0 aromatic heterocycles. The summed E-state index contributed by atoms with van der Waals surface area (Å²) in [7, 11) is -1.08. The Morgan fingerprint density at radius 2 is 1.97 bits per heavy atom. The van der Waals surface area contributed by atoms with Crippen molar-refractivity contribution in [2.75, 3.05) is 13.1 Å². The van der Waals surface area contributed by atoms with Crippen LogP contribution in [-0.4, -0.2) is 60.9 Å². The number of carbonyl (C=O) groups excluding carboxylic acids is 1. The maximum Gasteiger partial charge on any atom is 0.488 e. The van der Waals surface area contributed by atoms with Gasteiger partial charge in [-0.2, -0.15) is 0 Å². The maximum absolute atomic E-state index is 13.9. The van der Waals surface area contributed by atoms with Crippen molar-refractivity contribution in [1.29, 1.82) is 0 Å². The van der Waals surface area contributed by atoms with Crippen LogP contribution in [0.4, 0.5) is 13.2 Å². The first-order chi connectivity index (χ1) is 16.5. The Morgan fingerprint density at radius 1 is 1.26 bits per heavy atom. The fourth-order valence-corrected chi connectivity index (χ4v) is 3.37. The molecule has 6 nitrogen and oxygen atoms in total. The highest BCUT2D eigenvalue weighted by atomic mass is 19.3. The SMILES string of the molecule is CCCCCNC(=O)CNC(C/C=C(\C=C\C(C)F)B(O)O)Cc1cc([B]O)cc(C(C)(F)F)c1. The summed E-state index contributed by atoms with van der Waals surface area (Å²) in [6.07, 6.45) is 5.96. The van der Waals surface area contributed by atoms with E-state index in [0.29, 0.717) is 12.1 Å². The van der Waals surface area contributed by atoms with Gasteiger partial charge in [0.15, 0.2) is 0 Å². The second-order valence-corrected chi connectivity index (χ2v) is 8.67. The lowest BCUT2D eigenvalue weighted by molar-refractivity contribution is -0.120. The second kappa shape index (κ2) is 15.8. The van der Waals surface area contributed by atoms with Crippen molar-refractivity contribution in [3.8, 4) is 0 Å². The Hall–Kier alpha value is -2.07. The molecule has 0 saturated carbocycles. The highest BCUT2D eigenvalue weighted by Gasteiger charge is 2.25. The first kappa shape index (κ1) is 31.0. The van der Waals surface area contributed by atoms with Crippen molar-refractivity contribution < 1.29 is 33.0 Å². The zero-order valence-corrected chi connectivity index (χ0v) is 20.6. The van der Waals surface area contributed by atoms with Crippen molar-refractivity contribution in [3.05, 3.63) is 53.0 Å². The van der Waals surface area contributed by atoms with E-state index in [1.165, 1.54) is 37.3 Å². The Kier molecular flexibility index (Phi) is 14.0. The van der Waals surface area contributed by atoms with E-state index < -0.39 is 25.3 Å². The average molecular weight is 495 g/mol. The Morgan fingerprint density at radius 3 is 2.54 bits per heavy atom. The molecule has 1 radical (unpaired) electrons. The van der Waals surface area contributed by atoms with Gasteiger partial charge in [-0.05, 0) is 43.3 Å². The van der Waals surface area contributed by atoms with Gasteiger partial charge in [0.2, 0.25) is 5.91 Å². The van der Waals surface area contributed by atoms with Crippen LogP contribution in [-0.2, 0) is 17.1 Å². The molecule has 2 unspecified atom stereocenters. The lowest BCUT2D eigenvalue weighted by Crippen LogP contribution is -2.40. The number of halogens is 3. The third-order valence-corrected chi connectivity index (χ3v) is 5.30. The molecule has 5 N–H and O–H groups in total. The van der Waals surface area contributed by atoms with E-state index in [-0.39, 0.29) is 41.8 Å². The molecule has 11 heteroatoms. The fraction of sp³-hybridized carbons (Fsp3) is 0.542. The van der Waals surface area contributed by atoms with Crippen molar-refractivity contribution in [3.63, 3.8) is 0 Å². The first-order valence-electron chi connectivity index (χ1n) is 11.8. The van der Waals surface area contributed by atoms with Crippen molar-refractivity contribution in [1.82, 2.24) is 10.6 Å². The van der Waals surface area contributed by atoms with E-state index in [2.05, 4.69) is 17.6 Å². The minimum atomic E-state index is -3.11. The Labute approximate surface area is 207 Å². The predicted octanol–water partition coefficient (Wildman–Crippen LogP) is 2.08. The summed E-state index contributed by atoms with van der Waals surface area (Å²) in [4.78, 5) is 12.2. The number of nitrogens with one attached hydrogen (secondary N) is 2. The summed E-state index contributed by atoms with van der Waals surface area (Å²) in [6.45, 7) is 4.65. The molecule has 1 aromatic carbocycles. The van der Waals surface area contributed by atoms with E-state index in [1.54, 1.807) is 6.07 Å². The van der Waals surface area contributed by atoms with E-state index in [0.717, 1.165) is 33.7 Å². The molecule has 0 aliphatic rings. The van der Waals surface area contributed by atoms with Gasteiger partial charge in [-0.3, -0.25) is 4.79 Å². The van der Waals surface area contributed by atoms with Gasteiger partial charge >= 0.3 is 14.6 Å². The van der Waals surface area contributed by atoms with Crippen LogP contribution >= 0.6 is 0 Å². The molecule has 35 heavy (non-hydrogen) atoms. The van der Waals surface area contributed by atoms with E-state index in [9.17, 15) is 33.0 Å². The summed E-state index contributed by atoms with van der Waals surface area (Å²) in [6, 6.07) is 3.64. The predicted molar refractivity (Wildman–Crippen MR) is 134 cm³/mol. The van der Waals surface area contributed by atoms with Crippen molar-refractivity contribution in [2.45, 2.75) is 71.0 Å². The maximum atomic E-state index is 13.9. The van der Waals surface area contributed by atoms with Crippen LogP contribution < -0.4 is 16.1 Å². The number of carbonyl (C=O) groups is 1. The second-order valence-electron chi connectivity index (χ2n) is 8.67. The molecule has 0 bridgehead atoms. The number of alkyl halides is 3. The van der Waals surface area contributed by atoms with Gasteiger partial charge in [0.1, 0.15) is 6.17 Å². The van der Waals surface area contributed by atoms with Gasteiger partial charge in [-0.25, -0.2) is 13.2 Å². The molecule has 0 saturated heterocycles. The Balaban J connectivity index is 3.08. The normalized spacial score (nSPS) is 14.1. The van der Waals surface area contributed by atoms with Crippen LogP contribution in [0, 0.1) is 0 Å². The molecular weight excluding hydrogens is 459 g/mol. The molecule has 0 aliphatic heterocycles. The molecule has 193 valence electrons. The topological polar surface area (TPSA) is 102 Å². The molecule has 0 heterocycles. The van der Waals surface area contributed by atoms with Crippen molar-refractivity contribution in [2.24, 2.45) is 0 Å². The highest BCUT2D eigenvalue weighted by Crippen LogP contribution is 2.27. The lowest BCUT2D eigenvalue weighted by Gasteiger charge is -2.20. The van der Waals surface area contributed by atoms with E-state index >= 15 is 0 Å². The number of rotatable bonds is 16. The van der Waals surface area contributed by atoms with E-state index in [4.69, 9.17) is 0 Å². The standard InChI is InChI=1S/C24H36B2F3N2O4/c1-4-5-6-11-30-23(32)16-31-22(10-9-21(26(34)35)8-7-17(2)27)14-18-12-19(24(3,28)29)15-20(13-18)25-33/h7-9,12-13,15,17,22,31,33-35H,4-6,10-11,14,16H2,1-3H3,(H,30,32)/b8-7+,21-9+. The summed E-state index contributed by atoms with van der Waals surface area (Å²) >= 11 is 0. The Bertz CT molecular complexity index is 847. The largest absolute Gasteiger partial charge is 0.488 e. The lowest BCUT2D eigenvalue weighted by atomic mass is 9.77. The van der Waals surface area contributed by atoms with Crippen LogP contribution in [0.15, 0.2) is 41.9 Å². The quantitative estimate of drug-likeness (QED) is 0.137. The summed E-state index contributed by atoms with van der Waals surface area (Å²) in [5, 5.41) is 34.5. The molecule has 0 fully saturated rings. The number of hydrogen-bond acceptors (Lipinski definition) is 5. The molecule has 0 spiro atoms. The summed E-state index contributed by atoms with van der Waals surface area (Å²) in [5.41, 5.74) is 0.527. The minimum absolute atomic E-state index is 0.0262. The number of hydrogen-bond donors (Lipinski definition) is 5. The van der Waals surface area contributed by atoms with Crippen molar-refractivity contribution >= 4 is 26.0 Å². The average Bonchev–Trinajstić information content (AvgIpc) is 2.78. The number of amides is 1. The van der Waals surface area contributed by atoms with Gasteiger partial charge in [-0.15, -0.1) is 0 Å². The van der Waals surface area contributed by atoms with Crippen LogP contribution in [0.5, 0.6) is 0 Å². The molecular formula is C24H36B2F3N2O4. The molecule has 1 aromatic rings. The fourth-order valence-electron chi connectivity index (χ4n) is 3.37. The van der Waals surface area contributed by atoms with Crippen LogP contribution in [0.3, 0.4) is 0 Å². The first-order valence-corrected chi connectivity index (χ1v) is 11.8. The number of unbranched alkanes of at least 4 members (excludes halogenated alkanes) is 2. The third kappa shape index (κ3) is 13.0. The summed E-state index contributed by atoms with van der Waals surface area (Å²) in [5.74, 6) is -3.33. The monoisotopic (exact) mass is 495 g/mol. The number of benzene rings is 1. The molecule has 0 aliphatic carbocycles. The van der Waals surface area contributed by atoms with Gasteiger partial charge in [0.05, 0.1) is 6.54 Å². The zero-order valence-electron chi connectivity index (χ0n) is 20.6. The van der Waals surface area contributed by atoms with Crippen LogP contribution in [0.2, 0.25) is 0 Å². The van der Waals surface area contributed by atoms with Gasteiger partial charge in [0.25, 0.3) is 5.92 Å². The van der Waals surface area contributed by atoms with Crippen LogP contribution in [0.25, 0.3) is 0 Å². The zero-order chi connectivity index (χ0) is 26.4. The molecule has 1 rings (SSSR count). The minimum Gasteiger partial charge on any atom is -0.450 e. The summed E-state index contributed by atoms with van der Waals surface area (Å²) < 4.78 is 41.0. The smallest absolute Gasteiger partial charge is 0.450 e. The van der Waals surface area contributed by atoms with Gasteiger partial charge in [0, 0.05) is 25.1 Å². The van der Waals surface area contributed by atoms with Gasteiger partial charge in [-0.1, -0.05) is 55.6 Å². The van der Waals surface area contributed by atoms with Crippen LogP contribution in [0.1, 0.15) is 57.6 Å². The molecule has 1 amide bonds. The highest BCUT2D eigenvalue weighted by molar-refractivity contribution is 6.51.